The lowest BCUT2D eigenvalue weighted by Gasteiger charge is -2.02. The second kappa shape index (κ2) is 11.0. The number of nitrogens with zero attached hydrogens (tertiary/aromatic N) is 1. The van der Waals surface area contributed by atoms with Crippen molar-refractivity contribution in [2.45, 2.75) is 58.3 Å². The molecule has 86 valence electrons. The van der Waals surface area contributed by atoms with Crippen molar-refractivity contribution in [1.29, 1.82) is 5.26 Å². The highest BCUT2D eigenvalue weighted by molar-refractivity contribution is 5.71. The van der Waals surface area contributed by atoms with Gasteiger partial charge in [0.15, 0.2) is 0 Å². The van der Waals surface area contributed by atoms with Crippen LogP contribution in [0.2, 0.25) is 0 Å². The molecule has 0 radical (unpaired) electrons. The van der Waals surface area contributed by atoms with Gasteiger partial charge in [-0.2, -0.15) is 5.26 Å². The van der Waals surface area contributed by atoms with Gasteiger partial charge < -0.3 is 4.74 Å². The van der Waals surface area contributed by atoms with E-state index in [9.17, 15) is 4.79 Å². The minimum absolute atomic E-state index is 0.128. The number of hydrogen-bond acceptors (Lipinski definition) is 3. The van der Waals surface area contributed by atoms with E-state index in [4.69, 9.17) is 10.00 Å². The maximum absolute atomic E-state index is 10.8. The molecule has 0 aliphatic rings. The third-order valence-corrected chi connectivity index (χ3v) is 2.23. The number of hydrogen-bond donors (Lipinski definition) is 0. The first-order valence-corrected chi connectivity index (χ1v) is 5.83. The molecule has 0 atom stereocenters. The van der Waals surface area contributed by atoms with Crippen LogP contribution in [0.5, 0.6) is 0 Å². The van der Waals surface area contributed by atoms with Crippen molar-refractivity contribution in [2.24, 2.45) is 0 Å². The molecule has 0 aliphatic heterocycles. The van der Waals surface area contributed by atoms with E-state index in [0.29, 0.717) is 6.61 Å². The van der Waals surface area contributed by atoms with E-state index >= 15 is 0 Å². The molecule has 3 heteroatoms. The van der Waals surface area contributed by atoms with Crippen LogP contribution in [0.15, 0.2) is 0 Å². The summed E-state index contributed by atoms with van der Waals surface area (Å²) < 4.78 is 4.85. The van der Waals surface area contributed by atoms with Gasteiger partial charge in [0.1, 0.15) is 6.42 Å². The molecule has 0 N–H and O–H groups in total. The summed E-state index contributed by atoms with van der Waals surface area (Å²) in [5.74, 6) is -0.400. The Morgan fingerprint density at radius 2 is 1.73 bits per heavy atom. The fourth-order valence-electron chi connectivity index (χ4n) is 1.36. The third-order valence-electron chi connectivity index (χ3n) is 2.23. The van der Waals surface area contributed by atoms with Crippen LogP contribution >= 0.6 is 0 Å². The van der Waals surface area contributed by atoms with Crippen molar-refractivity contribution in [3.63, 3.8) is 0 Å². The largest absolute Gasteiger partial charge is 0.465 e. The molecule has 0 rings (SSSR count). The Morgan fingerprint density at radius 3 is 2.33 bits per heavy atom. The van der Waals surface area contributed by atoms with Gasteiger partial charge in [0, 0.05) is 0 Å². The molecular formula is C12H21NO2. The molecule has 0 aromatic rings. The average Bonchev–Trinajstić information content (AvgIpc) is 2.22. The standard InChI is InChI=1S/C12H21NO2/c1-2-3-4-5-6-7-8-11-15-12(14)9-10-13/h2-9,11H2,1H3. The summed E-state index contributed by atoms with van der Waals surface area (Å²) in [5.41, 5.74) is 0. The molecule has 15 heavy (non-hydrogen) atoms. The number of carbonyl (C=O) groups is 1. The average molecular weight is 211 g/mol. The van der Waals surface area contributed by atoms with E-state index in [1.807, 2.05) is 0 Å². The molecule has 3 nitrogen and oxygen atoms in total. The van der Waals surface area contributed by atoms with Crippen LogP contribution in [0, 0.1) is 11.3 Å². The molecule has 0 fully saturated rings. The predicted octanol–water partition coefficient (Wildman–Crippen LogP) is 3.19. The van der Waals surface area contributed by atoms with Crippen LogP contribution < -0.4 is 0 Å². The van der Waals surface area contributed by atoms with Crippen LogP contribution in [0.1, 0.15) is 58.3 Å². The highest BCUT2D eigenvalue weighted by atomic mass is 16.5. The number of ether oxygens (including phenoxy) is 1. The lowest BCUT2D eigenvalue weighted by molar-refractivity contribution is -0.142. The van der Waals surface area contributed by atoms with E-state index in [0.717, 1.165) is 12.8 Å². The number of nitriles is 1. The summed E-state index contributed by atoms with van der Waals surface area (Å²) >= 11 is 0. The molecule has 0 aromatic carbocycles. The van der Waals surface area contributed by atoms with Crippen molar-refractivity contribution in [3.05, 3.63) is 0 Å². The summed E-state index contributed by atoms with van der Waals surface area (Å²) in [5, 5.41) is 8.21. The fourth-order valence-corrected chi connectivity index (χ4v) is 1.36. The van der Waals surface area contributed by atoms with Gasteiger partial charge in [0.2, 0.25) is 0 Å². The Labute approximate surface area is 92.4 Å². The minimum Gasteiger partial charge on any atom is -0.465 e. The Balaban J connectivity index is 3.05. The summed E-state index contributed by atoms with van der Waals surface area (Å²) in [6.07, 6.45) is 8.30. The maximum Gasteiger partial charge on any atom is 0.320 e. The third kappa shape index (κ3) is 10.9. The van der Waals surface area contributed by atoms with Crippen LogP contribution in [0.4, 0.5) is 0 Å². The van der Waals surface area contributed by atoms with Gasteiger partial charge in [0.25, 0.3) is 0 Å². The second-order valence-electron chi connectivity index (χ2n) is 3.68. The predicted molar refractivity (Wildman–Crippen MR) is 59.2 cm³/mol. The van der Waals surface area contributed by atoms with E-state index in [-0.39, 0.29) is 6.42 Å². The summed E-state index contributed by atoms with van der Waals surface area (Å²) in [6.45, 7) is 2.67. The minimum atomic E-state index is -0.400. The van der Waals surface area contributed by atoms with Crippen molar-refractivity contribution >= 4 is 5.97 Å². The van der Waals surface area contributed by atoms with Gasteiger partial charge in [-0.05, 0) is 6.42 Å². The first kappa shape index (κ1) is 14.0. The molecule has 0 aliphatic carbocycles. The van der Waals surface area contributed by atoms with Crippen LogP contribution in [0.25, 0.3) is 0 Å². The van der Waals surface area contributed by atoms with Crippen LogP contribution in [-0.2, 0) is 9.53 Å². The molecule has 0 amide bonds. The number of carbonyl (C=O) groups excluding carboxylic acids is 1. The van der Waals surface area contributed by atoms with Gasteiger partial charge in [-0.1, -0.05) is 45.4 Å². The number of rotatable bonds is 9. The molecular weight excluding hydrogens is 190 g/mol. The molecule has 0 heterocycles. The first-order chi connectivity index (χ1) is 7.31. The van der Waals surface area contributed by atoms with Gasteiger partial charge in [-0.3, -0.25) is 4.79 Å². The van der Waals surface area contributed by atoms with Crippen molar-refractivity contribution in [2.75, 3.05) is 6.61 Å². The normalized spacial score (nSPS) is 9.60. The molecule has 0 unspecified atom stereocenters. The highest BCUT2D eigenvalue weighted by Gasteiger charge is 1.99. The Morgan fingerprint density at radius 1 is 1.13 bits per heavy atom. The summed E-state index contributed by atoms with van der Waals surface area (Å²) in [7, 11) is 0. The topological polar surface area (TPSA) is 50.1 Å². The molecule has 0 saturated heterocycles. The smallest absolute Gasteiger partial charge is 0.320 e. The van der Waals surface area contributed by atoms with E-state index < -0.39 is 5.97 Å². The first-order valence-electron chi connectivity index (χ1n) is 5.83. The SMILES string of the molecule is CCCCCCCCCOC(=O)CC#N. The monoisotopic (exact) mass is 211 g/mol. The zero-order chi connectivity index (χ0) is 11.4. The van der Waals surface area contributed by atoms with E-state index in [1.165, 1.54) is 32.1 Å². The van der Waals surface area contributed by atoms with Gasteiger partial charge >= 0.3 is 5.97 Å². The summed E-state index contributed by atoms with van der Waals surface area (Å²) in [4.78, 5) is 10.8. The Kier molecular flexibility index (Phi) is 10.3. The Bertz CT molecular complexity index is 196. The quantitative estimate of drug-likeness (QED) is 0.434. The van der Waals surface area contributed by atoms with Gasteiger partial charge in [0.05, 0.1) is 12.7 Å². The molecule has 0 saturated carbocycles. The number of esters is 1. The lowest BCUT2D eigenvalue weighted by atomic mass is 10.1. The Hall–Kier alpha value is -1.04. The van der Waals surface area contributed by atoms with Gasteiger partial charge in [-0.25, -0.2) is 0 Å². The van der Waals surface area contributed by atoms with Crippen molar-refractivity contribution < 1.29 is 9.53 Å². The zero-order valence-electron chi connectivity index (χ0n) is 9.63. The fraction of sp³-hybridized carbons (Fsp3) is 0.833. The van der Waals surface area contributed by atoms with Crippen molar-refractivity contribution in [1.82, 2.24) is 0 Å². The van der Waals surface area contributed by atoms with Crippen LogP contribution in [0.3, 0.4) is 0 Å². The molecule has 0 bridgehead atoms. The lowest BCUT2D eigenvalue weighted by Crippen LogP contribution is -2.04. The summed E-state index contributed by atoms with van der Waals surface area (Å²) in [6, 6.07) is 1.77. The van der Waals surface area contributed by atoms with Gasteiger partial charge in [-0.15, -0.1) is 0 Å². The van der Waals surface area contributed by atoms with E-state index in [2.05, 4.69) is 6.92 Å². The molecule has 0 spiro atoms. The molecule has 0 aromatic heterocycles. The maximum atomic E-state index is 10.8. The highest BCUT2D eigenvalue weighted by Crippen LogP contribution is 2.06. The second-order valence-corrected chi connectivity index (χ2v) is 3.68. The van der Waals surface area contributed by atoms with Crippen LogP contribution in [-0.4, -0.2) is 12.6 Å². The number of unbranched alkanes of at least 4 members (excludes halogenated alkanes) is 6. The van der Waals surface area contributed by atoms with E-state index in [1.54, 1.807) is 6.07 Å². The van der Waals surface area contributed by atoms with Crippen molar-refractivity contribution in [3.8, 4) is 6.07 Å². The zero-order valence-corrected chi connectivity index (χ0v) is 9.63.